The Labute approximate surface area is 128 Å². The van der Waals surface area contributed by atoms with Crippen molar-refractivity contribution in [2.24, 2.45) is 0 Å². The van der Waals surface area contributed by atoms with Crippen LogP contribution in [0.1, 0.15) is 24.6 Å². The van der Waals surface area contributed by atoms with Crippen LogP contribution < -0.4 is 0 Å². The van der Waals surface area contributed by atoms with E-state index in [4.69, 9.17) is 10.1 Å². The van der Waals surface area contributed by atoms with Crippen LogP contribution in [0.15, 0.2) is 35.8 Å². The van der Waals surface area contributed by atoms with Crippen molar-refractivity contribution in [2.45, 2.75) is 18.8 Å². The van der Waals surface area contributed by atoms with Crippen LogP contribution in [0.3, 0.4) is 0 Å². The number of thiophene rings is 1. The van der Waals surface area contributed by atoms with E-state index in [2.05, 4.69) is 47.8 Å². The maximum atomic E-state index is 4.72. The second kappa shape index (κ2) is 5.24. The number of piperidine rings is 1. The highest BCUT2D eigenvalue weighted by molar-refractivity contribution is 7.13. The summed E-state index contributed by atoms with van der Waals surface area (Å²) in [6, 6.07) is 8.42. The summed E-state index contributed by atoms with van der Waals surface area (Å²) in [6.07, 6.45) is 4.51. The van der Waals surface area contributed by atoms with Gasteiger partial charge in [0, 0.05) is 29.1 Å². The fourth-order valence-electron chi connectivity index (χ4n) is 3.04. The first-order valence-corrected chi connectivity index (χ1v) is 8.26. The Hall–Kier alpha value is -1.72. The van der Waals surface area contributed by atoms with Crippen LogP contribution in [0.4, 0.5) is 0 Å². The van der Waals surface area contributed by atoms with E-state index < -0.39 is 0 Å². The molecule has 0 bridgehead atoms. The number of fused-ring (bicyclic) bond motifs is 1. The maximum absolute atomic E-state index is 4.72. The third-order valence-electron chi connectivity index (χ3n) is 4.14. The van der Waals surface area contributed by atoms with Crippen molar-refractivity contribution in [3.8, 4) is 10.4 Å². The lowest BCUT2D eigenvalue weighted by molar-refractivity contribution is 0.246. The SMILES string of the molecule is CN1CCC[C@@H](c2nc3ccc(-c4cccs4)cn3n2)C1. The fraction of sp³-hybridized carbons (Fsp3) is 0.375. The van der Waals surface area contributed by atoms with E-state index in [-0.39, 0.29) is 0 Å². The van der Waals surface area contributed by atoms with Crippen LogP contribution >= 0.6 is 11.3 Å². The third kappa shape index (κ3) is 2.47. The lowest BCUT2D eigenvalue weighted by atomic mass is 9.98. The average molecular weight is 298 g/mol. The van der Waals surface area contributed by atoms with Gasteiger partial charge < -0.3 is 4.90 Å². The molecule has 21 heavy (non-hydrogen) atoms. The van der Waals surface area contributed by atoms with Crippen LogP contribution in [0.25, 0.3) is 16.1 Å². The van der Waals surface area contributed by atoms with Gasteiger partial charge in [-0.1, -0.05) is 6.07 Å². The van der Waals surface area contributed by atoms with E-state index in [1.807, 2.05) is 4.52 Å². The summed E-state index contributed by atoms with van der Waals surface area (Å²) in [5.41, 5.74) is 2.15. The number of likely N-dealkylation sites (N-methyl/N-ethyl adjacent to an activating group) is 1. The Morgan fingerprint density at radius 1 is 1.29 bits per heavy atom. The van der Waals surface area contributed by atoms with Gasteiger partial charge in [0.2, 0.25) is 0 Å². The standard InChI is InChI=1S/C16H18N4S/c1-19-8-2-4-13(10-19)16-17-15-7-6-12(11-20(15)18-16)14-5-3-9-21-14/h3,5-7,9,11,13H,2,4,8,10H2,1H3/t13-/m1/s1. The zero-order valence-corrected chi connectivity index (χ0v) is 12.9. The molecule has 108 valence electrons. The van der Waals surface area contributed by atoms with Gasteiger partial charge in [-0.25, -0.2) is 9.50 Å². The molecule has 3 aromatic heterocycles. The highest BCUT2D eigenvalue weighted by Crippen LogP contribution is 2.27. The van der Waals surface area contributed by atoms with Crippen LogP contribution in [0.2, 0.25) is 0 Å². The van der Waals surface area contributed by atoms with Crippen LogP contribution in [0.5, 0.6) is 0 Å². The molecule has 1 fully saturated rings. The van der Waals surface area contributed by atoms with Gasteiger partial charge in [0.05, 0.1) is 0 Å². The quantitative estimate of drug-likeness (QED) is 0.728. The summed E-state index contributed by atoms with van der Waals surface area (Å²) >= 11 is 1.75. The first-order valence-electron chi connectivity index (χ1n) is 7.38. The molecule has 0 unspecified atom stereocenters. The first-order chi connectivity index (χ1) is 10.3. The fourth-order valence-corrected chi connectivity index (χ4v) is 3.76. The molecule has 4 nitrogen and oxygen atoms in total. The molecule has 5 heteroatoms. The Morgan fingerprint density at radius 3 is 3.05 bits per heavy atom. The lowest BCUT2D eigenvalue weighted by Crippen LogP contribution is -2.31. The Balaban J connectivity index is 1.69. The Morgan fingerprint density at radius 2 is 2.24 bits per heavy atom. The minimum Gasteiger partial charge on any atom is -0.306 e. The maximum Gasteiger partial charge on any atom is 0.156 e. The van der Waals surface area contributed by atoms with Gasteiger partial charge in [0.25, 0.3) is 0 Å². The van der Waals surface area contributed by atoms with E-state index in [0.29, 0.717) is 5.92 Å². The van der Waals surface area contributed by atoms with E-state index in [0.717, 1.165) is 18.0 Å². The van der Waals surface area contributed by atoms with Crippen LogP contribution in [-0.4, -0.2) is 39.6 Å². The molecule has 0 aromatic carbocycles. The predicted molar refractivity (Wildman–Crippen MR) is 85.8 cm³/mol. The lowest BCUT2D eigenvalue weighted by Gasteiger charge is -2.27. The molecule has 0 saturated carbocycles. The zero-order valence-electron chi connectivity index (χ0n) is 12.1. The van der Waals surface area contributed by atoms with Crippen molar-refractivity contribution in [3.63, 3.8) is 0 Å². The van der Waals surface area contributed by atoms with Crippen LogP contribution in [-0.2, 0) is 0 Å². The van der Waals surface area contributed by atoms with Gasteiger partial charge in [-0.05, 0) is 50.0 Å². The van der Waals surface area contributed by atoms with Crippen molar-refractivity contribution in [1.29, 1.82) is 0 Å². The minimum atomic E-state index is 0.467. The molecule has 0 aliphatic carbocycles. The van der Waals surface area contributed by atoms with Crippen LogP contribution in [0, 0.1) is 0 Å². The number of hydrogen-bond donors (Lipinski definition) is 0. The summed E-state index contributed by atoms with van der Waals surface area (Å²) < 4.78 is 1.93. The number of hydrogen-bond acceptors (Lipinski definition) is 4. The summed E-state index contributed by atoms with van der Waals surface area (Å²) in [5, 5.41) is 6.83. The smallest absolute Gasteiger partial charge is 0.156 e. The molecule has 1 atom stereocenters. The van der Waals surface area contributed by atoms with Gasteiger partial charge in [-0.15, -0.1) is 11.3 Å². The summed E-state index contributed by atoms with van der Waals surface area (Å²) in [7, 11) is 2.18. The van der Waals surface area contributed by atoms with E-state index in [1.54, 1.807) is 11.3 Å². The van der Waals surface area contributed by atoms with E-state index in [1.165, 1.54) is 29.8 Å². The molecule has 0 spiro atoms. The average Bonchev–Trinajstić information content (AvgIpc) is 3.16. The summed E-state index contributed by atoms with van der Waals surface area (Å²) in [5.74, 6) is 1.46. The molecule has 1 aliphatic heterocycles. The topological polar surface area (TPSA) is 33.4 Å². The second-order valence-electron chi connectivity index (χ2n) is 5.77. The minimum absolute atomic E-state index is 0.467. The predicted octanol–water partition coefficient (Wildman–Crippen LogP) is 3.27. The Bertz CT molecular complexity index is 747. The van der Waals surface area contributed by atoms with Gasteiger partial charge >= 0.3 is 0 Å². The van der Waals surface area contributed by atoms with Crippen molar-refractivity contribution in [3.05, 3.63) is 41.7 Å². The number of aromatic nitrogens is 3. The molecule has 4 rings (SSSR count). The Kier molecular flexibility index (Phi) is 3.24. The van der Waals surface area contributed by atoms with Gasteiger partial charge in [-0.2, -0.15) is 5.10 Å². The monoisotopic (exact) mass is 298 g/mol. The molecular weight excluding hydrogens is 280 g/mol. The van der Waals surface area contributed by atoms with Crippen molar-refractivity contribution in [2.75, 3.05) is 20.1 Å². The largest absolute Gasteiger partial charge is 0.306 e. The molecule has 1 saturated heterocycles. The molecular formula is C16H18N4S. The highest BCUT2D eigenvalue weighted by atomic mass is 32.1. The molecule has 0 amide bonds. The summed E-state index contributed by atoms with van der Waals surface area (Å²) in [6.45, 7) is 2.25. The molecule has 3 aromatic rings. The van der Waals surface area contributed by atoms with Crippen molar-refractivity contribution in [1.82, 2.24) is 19.5 Å². The number of nitrogens with zero attached hydrogens (tertiary/aromatic N) is 4. The molecule has 0 N–H and O–H groups in total. The number of rotatable bonds is 2. The number of likely N-dealkylation sites (tertiary alicyclic amines) is 1. The third-order valence-corrected chi connectivity index (χ3v) is 5.06. The second-order valence-corrected chi connectivity index (χ2v) is 6.72. The molecule has 0 radical (unpaired) electrons. The highest BCUT2D eigenvalue weighted by Gasteiger charge is 2.22. The normalized spacial score (nSPS) is 20.1. The van der Waals surface area contributed by atoms with Crippen molar-refractivity contribution >= 4 is 17.0 Å². The summed E-state index contributed by atoms with van der Waals surface area (Å²) in [4.78, 5) is 8.36. The first kappa shape index (κ1) is 13.0. The van der Waals surface area contributed by atoms with E-state index >= 15 is 0 Å². The number of pyridine rings is 1. The molecule has 1 aliphatic rings. The molecule has 4 heterocycles. The van der Waals surface area contributed by atoms with Crippen molar-refractivity contribution < 1.29 is 0 Å². The van der Waals surface area contributed by atoms with Gasteiger partial charge in [0.15, 0.2) is 11.5 Å². The zero-order chi connectivity index (χ0) is 14.2. The van der Waals surface area contributed by atoms with E-state index in [9.17, 15) is 0 Å². The van der Waals surface area contributed by atoms with Gasteiger partial charge in [0.1, 0.15) is 0 Å². The van der Waals surface area contributed by atoms with Gasteiger partial charge in [-0.3, -0.25) is 0 Å².